The summed E-state index contributed by atoms with van der Waals surface area (Å²) >= 11 is 0. The van der Waals surface area contributed by atoms with Gasteiger partial charge >= 0.3 is 0 Å². The Labute approximate surface area is 76.7 Å². The number of hydrogen-bond donors (Lipinski definition) is 3. The van der Waals surface area contributed by atoms with Gasteiger partial charge in [-0.2, -0.15) is 0 Å². The molecule has 0 aromatic heterocycles. The largest absolute Gasteiger partial charge is 0.398 e. The molecule has 72 valence electrons. The van der Waals surface area contributed by atoms with E-state index in [4.69, 9.17) is 17.2 Å². The molecular formula is C9H14FN3. The Morgan fingerprint density at radius 1 is 1.31 bits per heavy atom. The van der Waals surface area contributed by atoms with Crippen molar-refractivity contribution >= 4 is 11.4 Å². The Morgan fingerprint density at radius 2 is 1.92 bits per heavy atom. The maximum Gasteiger partial charge on any atom is 0.148 e. The van der Waals surface area contributed by atoms with Crippen LogP contribution in [0.25, 0.3) is 0 Å². The molecule has 0 aliphatic carbocycles. The van der Waals surface area contributed by atoms with Crippen molar-refractivity contribution in [1.82, 2.24) is 0 Å². The van der Waals surface area contributed by atoms with Crippen molar-refractivity contribution in [2.45, 2.75) is 19.4 Å². The fourth-order valence-electron chi connectivity index (χ4n) is 1.16. The fourth-order valence-corrected chi connectivity index (χ4v) is 1.16. The molecule has 0 aliphatic heterocycles. The van der Waals surface area contributed by atoms with Crippen molar-refractivity contribution in [2.24, 2.45) is 5.73 Å². The van der Waals surface area contributed by atoms with Crippen LogP contribution in [0.2, 0.25) is 0 Å². The van der Waals surface area contributed by atoms with Crippen molar-refractivity contribution in [3.8, 4) is 0 Å². The molecule has 13 heavy (non-hydrogen) atoms. The Morgan fingerprint density at radius 3 is 2.46 bits per heavy atom. The summed E-state index contributed by atoms with van der Waals surface area (Å²) in [6, 6.07) is 2.53. The van der Waals surface area contributed by atoms with Gasteiger partial charge in [-0.25, -0.2) is 4.39 Å². The van der Waals surface area contributed by atoms with E-state index in [1.165, 1.54) is 12.1 Å². The van der Waals surface area contributed by atoms with Gasteiger partial charge < -0.3 is 17.2 Å². The summed E-state index contributed by atoms with van der Waals surface area (Å²) in [4.78, 5) is 0. The van der Waals surface area contributed by atoms with Gasteiger partial charge in [0.25, 0.3) is 0 Å². The lowest BCUT2D eigenvalue weighted by atomic mass is 10.0. The summed E-state index contributed by atoms with van der Waals surface area (Å²) in [6.45, 7) is 1.93. The highest BCUT2D eigenvalue weighted by Crippen LogP contribution is 2.25. The van der Waals surface area contributed by atoms with Crippen LogP contribution < -0.4 is 17.2 Å². The van der Waals surface area contributed by atoms with Crippen LogP contribution in [-0.2, 0) is 0 Å². The van der Waals surface area contributed by atoms with Crippen LogP contribution in [0.1, 0.15) is 24.9 Å². The summed E-state index contributed by atoms with van der Waals surface area (Å²) in [5, 5.41) is 0. The van der Waals surface area contributed by atoms with Gasteiger partial charge in [0.15, 0.2) is 0 Å². The van der Waals surface area contributed by atoms with E-state index in [1.807, 2.05) is 6.92 Å². The van der Waals surface area contributed by atoms with Crippen molar-refractivity contribution in [1.29, 1.82) is 0 Å². The van der Waals surface area contributed by atoms with Crippen LogP contribution in [0.15, 0.2) is 12.1 Å². The van der Waals surface area contributed by atoms with Crippen LogP contribution in [0, 0.1) is 5.82 Å². The van der Waals surface area contributed by atoms with E-state index in [-0.39, 0.29) is 11.7 Å². The zero-order chi connectivity index (χ0) is 10.0. The minimum atomic E-state index is -0.496. The standard InChI is InChI=1S/C9H14FN3/c1-2-7(11)5-3-9(13)6(10)4-8(5)12/h3-4,7H,2,11-13H2,1H3. The lowest BCUT2D eigenvalue weighted by molar-refractivity contribution is 0.629. The monoisotopic (exact) mass is 183 g/mol. The van der Waals surface area contributed by atoms with E-state index < -0.39 is 5.82 Å². The summed E-state index contributed by atoms with van der Waals surface area (Å²) in [5.41, 5.74) is 17.9. The van der Waals surface area contributed by atoms with Crippen molar-refractivity contribution in [2.75, 3.05) is 11.5 Å². The maximum atomic E-state index is 12.9. The third-order valence-electron chi connectivity index (χ3n) is 2.04. The van der Waals surface area contributed by atoms with Crippen LogP contribution in [0.3, 0.4) is 0 Å². The van der Waals surface area contributed by atoms with Crippen molar-refractivity contribution in [3.05, 3.63) is 23.5 Å². The van der Waals surface area contributed by atoms with E-state index in [1.54, 1.807) is 0 Å². The number of nitrogens with two attached hydrogens (primary N) is 3. The Bertz CT molecular complexity index is 312. The quantitative estimate of drug-likeness (QED) is 0.606. The highest BCUT2D eigenvalue weighted by Gasteiger charge is 2.10. The summed E-state index contributed by atoms with van der Waals surface area (Å²) in [6.07, 6.45) is 0.745. The summed E-state index contributed by atoms with van der Waals surface area (Å²) in [5.74, 6) is -0.496. The molecule has 6 N–H and O–H groups in total. The van der Waals surface area contributed by atoms with E-state index in [0.717, 1.165) is 6.42 Å². The smallest absolute Gasteiger partial charge is 0.148 e. The first-order chi connectivity index (χ1) is 6.06. The zero-order valence-corrected chi connectivity index (χ0v) is 7.55. The lowest BCUT2D eigenvalue weighted by Gasteiger charge is -2.13. The molecule has 1 unspecified atom stereocenters. The number of rotatable bonds is 2. The first-order valence-corrected chi connectivity index (χ1v) is 4.16. The number of hydrogen-bond acceptors (Lipinski definition) is 3. The average Bonchev–Trinajstić information content (AvgIpc) is 2.10. The van der Waals surface area contributed by atoms with Crippen LogP contribution in [0.4, 0.5) is 15.8 Å². The first-order valence-electron chi connectivity index (χ1n) is 4.16. The van der Waals surface area contributed by atoms with E-state index in [2.05, 4.69) is 0 Å². The average molecular weight is 183 g/mol. The summed E-state index contributed by atoms with van der Waals surface area (Å²) in [7, 11) is 0. The molecule has 0 aliphatic rings. The second kappa shape index (κ2) is 3.62. The molecule has 0 radical (unpaired) electrons. The van der Waals surface area contributed by atoms with Gasteiger partial charge in [-0.15, -0.1) is 0 Å². The number of nitrogen functional groups attached to an aromatic ring is 2. The molecule has 0 heterocycles. The predicted molar refractivity (Wildman–Crippen MR) is 52.4 cm³/mol. The molecule has 1 aromatic rings. The van der Waals surface area contributed by atoms with E-state index >= 15 is 0 Å². The molecule has 1 atom stereocenters. The molecule has 4 heteroatoms. The Balaban J connectivity index is 3.15. The highest BCUT2D eigenvalue weighted by atomic mass is 19.1. The maximum absolute atomic E-state index is 12.9. The molecule has 1 aromatic carbocycles. The Hall–Kier alpha value is -1.29. The molecule has 0 amide bonds. The minimum Gasteiger partial charge on any atom is -0.398 e. The molecule has 0 saturated carbocycles. The number of halogens is 1. The van der Waals surface area contributed by atoms with Crippen molar-refractivity contribution in [3.63, 3.8) is 0 Å². The van der Waals surface area contributed by atoms with Gasteiger partial charge in [0.1, 0.15) is 5.82 Å². The minimum absolute atomic E-state index is 0.0908. The van der Waals surface area contributed by atoms with Gasteiger partial charge in [-0.05, 0) is 24.1 Å². The fraction of sp³-hybridized carbons (Fsp3) is 0.333. The first kappa shape index (κ1) is 9.80. The normalized spacial score (nSPS) is 12.8. The van der Waals surface area contributed by atoms with E-state index in [0.29, 0.717) is 11.3 Å². The molecule has 0 fully saturated rings. The second-order valence-electron chi connectivity index (χ2n) is 3.02. The molecule has 0 saturated heterocycles. The van der Waals surface area contributed by atoms with Crippen LogP contribution >= 0.6 is 0 Å². The molecule has 1 rings (SSSR count). The molecular weight excluding hydrogens is 169 g/mol. The van der Waals surface area contributed by atoms with Gasteiger partial charge in [0.2, 0.25) is 0 Å². The molecule has 0 bridgehead atoms. The molecule has 3 nitrogen and oxygen atoms in total. The van der Waals surface area contributed by atoms with Crippen molar-refractivity contribution < 1.29 is 4.39 Å². The highest BCUT2D eigenvalue weighted by molar-refractivity contribution is 5.57. The van der Waals surface area contributed by atoms with Gasteiger partial charge in [0.05, 0.1) is 5.69 Å². The Kier molecular flexibility index (Phi) is 2.72. The zero-order valence-electron chi connectivity index (χ0n) is 7.55. The topological polar surface area (TPSA) is 78.1 Å². The summed E-state index contributed by atoms with van der Waals surface area (Å²) < 4.78 is 12.9. The van der Waals surface area contributed by atoms with Gasteiger partial charge in [-0.3, -0.25) is 0 Å². The van der Waals surface area contributed by atoms with Crippen LogP contribution in [0.5, 0.6) is 0 Å². The van der Waals surface area contributed by atoms with E-state index in [9.17, 15) is 4.39 Å². The third-order valence-corrected chi connectivity index (χ3v) is 2.04. The predicted octanol–water partition coefficient (Wildman–Crippen LogP) is 1.40. The van der Waals surface area contributed by atoms with Gasteiger partial charge in [0, 0.05) is 11.7 Å². The second-order valence-corrected chi connectivity index (χ2v) is 3.02. The number of benzene rings is 1. The van der Waals surface area contributed by atoms with Crippen LogP contribution in [-0.4, -0.2) is 0 Å². The third kappa shape index (κ3) is 1.89. The number of anilines is 2. The van der Waals surface area contributed by atoms with Gasteiger partial charge in [-0.1, -0.05) is 6.92 Å². The molecule has 0 spiro atoms. The lowest BCUT2D eigenvalue weighted by Crippen LogP contribution is -2.12. The SMILES string of the molecule is CCC(N)c1cc(N)c(F)cc1N.